The first-order valence-corrected chi connectivity index (χ1v) is 7.54. The predicted octanol–water partition coefficient (Wildman–Crippen LogP) is 3.41. The van der Waals surface area contributed by atoms with Gasteiger partial charge in [0.1, 0.15) is 18.0 Å². The topological polar surface area (TPSA) is 41.1 Å². The maximum atomic E-state index is 4.58. The van der Waals surface area contributed by atoms with Gasteiger partial charge in [-0.25, -0.2) is 9.97 Å². The SMILES string of the molecule is CCCNc1ncnc(N(CC)C2CC2)c1C(C)C. The highest BCUT2D eigenvalue weighted by molar-refractivity contribution is 5.61. The molecule has 1 aliphatic carbocycles. The van der Waals surface area contributed by atoms with Crippen LogP contribution >= 0.6 is 0 Å². The fraction of sp³-hybridized carbons (Fsp3) is 0.733. The van der Waals surface area contributed by atoms with Gasteiger partial charge in [-0.3, -0.25) is 0 Å². The molecule has 0 unspecified atom stereocenters. The molecule has 1 aromatic heterocycles. The van der Waals surface area contributed by atoms with Crippen molar-refractivity contribution in [3.63, 3.8) is 0 Å². The van der Waals surface area contributed by atoms with Crippen molar-refractivity contribution in [2.45, 2.75) is 58.9 Å². The van der Waals surface area contributed by atoms with Gasteiger partial charge in [0.15, 0.2) is 0 Å². The van der Waals surface area contributed by atoms with E-state index in [0.717, 1.165) is 31.1 Å². The van der Waals surface area contributed by atoms with Crippen LogP contribution in [-0.4, -0.2) is 29.1 Å². The lowest BCUT2D eigenvalue weighted by Crippen LogP contribution is -2.28. The number of nitrogens with zero attached hydrogens (tertiary/aromatic N) is 3. The lowest BCUT2D eigenvalue weighted by Gasteiger charge is -2.26. The van der Waals surface area contributed by atoms with Crippen LogP contribution in [0.3, 0.4) is 0 Å². The molecule has 0 radical (unpaired) electrons. The van der Waals surface area contributed by atoms with E-state index in [2.05, 4.69) is 47.9 Å². The summed E-state index contributed by atoms with van der Waals surface area (Å²) in [6, 6.07) is 0.691. The third kappa shape index (κ3) is 3.17. The van der Waals surface area contributed by atoms with Crippen LogP contribution in [0.15, 0.2) is 6.33 Å². The number of rotatable bonds is 7. The molecule has 1 aromatic rings. The van der Waals surface area contributed by atoms with Crippen molar-refractivity contribution < 1.29 is 0 Å². The van der Waals surface area contributed by atoms with Crippen LogP contribution in [0.4, 0.5) is 11.6 Å². The van der Waals surface area contributed by atoms with Crippen molar-refractivity contribution in [2.75, 3.05) is 23.3 Å². The van der Waals surface area contributed by atoms with Gasteiger partial charge >= 0.3 is 0 Å². The molecule has 4 nitrogen and oxygen atoms in total. The smallest absolute Gasteiger partial charge is 0.137 e. The van der Waals surface area contributed by atoms with E-state index in [1.807, 2.05) is 0 Å². The Kier molecular flexibility index (Phi) is 4.61. The molecule has 1 saturated carbocycles. The summed E-state index contributed by atoms with van der Waals surface area (Å²) in [5.74, 6) is 2.58. The van der Waals surface area contributed by atoms with Crippen molar-refractivity contribution in [2.24, 2.45) is 0 Å². The zero-order chi connectivity index (χ0) is 13.8. The van der Waals surface area contributed by atoms with Gasteiger partial charge in [-0.15, -0.1) is 0 Å². The molecule has 0 atom stereocenters. The average molecular weight is 262 g/mol. The summed E-state index contributed by atoms with van der Waals surface area (Å²) in [5, 5.41) is 3.45. The van der Waals surface area contributed by atoms with Crippen molar-refractivity contribution in [1.82, 2.24) is 9.97 Å². The second kappa shape index (κ2) is 6.22. The second-order valence-electron chi connectivity index (χ2n) is 5.56. The van der Waals surface area contributed by atoms with E-state index >= 15 is 0 Å². The first-order chi connectivity index (χ1) is 9.19. The highest BCUT2D eigenvalue weighted by atomic mass is 15.2. The van der Waals surface area contributed by atoms with E-state index in [0.29, 0.717) is 12.0 Å². The van der Waals surface area contributed by atoms with Gasteiger partial charge in [0.25, 0.3) is 0 Å². The highest BCUT2D eigenvalue weighted by Crippen LogP contribution is 2.36. The van der Waals surface area contributed by atoms with Crippen LogP contribution in [0.1, 0.15) is 58.4 Å². The van der Waals surface area contributed by atoms with Gasteiger partial charge in [0.2, 0.25) is 0 Å². The fourth-order valence-electron chi connectivity index (χ4n) is 2.50. The Morgan fingerprint density at radius 3 is 2.58 bits per heavy atom. The first-order valence-electron chi connectivity index (χ1n) is 7.54. The molecule has 2 rings (SSSR count). The molecule has 0 saturated heterocycles. The average Bonchev–Trinajstić information content (AvgIpc) is 3.21. The van der Waals surface area contributed by atoms with E-state index < -0.39 is 0 Å². The minimum Gasteiger partial charge on any atom is -0.370 e. The Labute approximate surface area is 116 Å². The zero-order valence-electron chi connectivity index (χ0n) is 12.6. The van der Waals surface area contributed by atoms with Crippen molar-refractivity contribution in [3.05, 3.63) is 11.9 Å². The van der Waals surface area contributed by atoms with Crippen molar-refractivity contribution in [1.29, 1.82) is 0 Å². The van der Waals surface area contributed by atoms with E-state index in [4.69, 9.17) is 0 Å². The number of hydrogen-bond donors (Lipinski definition) is 1. The Morgan fingerprint density at radius 2 is 2.05 bits per heavy atom. The van der Waals surface area contributed by atoms with Gasteiger partial charge in [0.05, 0.1) is 0 Å². The zero-order valence-corrected chi connectivity index (χ0v) is 12.6. The summed E-state index contributed by atoms with van der Waals surface area (Å²) in [5.41, 5.74) is 1.27. The predicted molar refractivity (Wildman–Crippen MR) is 80.9 cm³/mol. The van der Waals surface area contributed by atoms with Crippen LogP contribution in [-0.2, 0) is 0 Å². The van der Waals surface area contributed by atoms with Crippen LogP contribution in [0.5, 0.6) is 0 Å². The lowest BCUT2D eigenvalue weighted by atomic mass is 10.0. The second-order valence-corrected chi connectivity index (χ2v) is 5.56. The van der Waals surface area contributed by atoms with Crippen LogP contribution in [0.25, 0.3) is 0 Å². The molecular formula is C15H26N4. The molecule has 0 amide bonds. The fourth-order valence-corrected chi connectivity index (χ4v) is 2.50. The molecule has 4 heteroatoms. The highest BCUT2D eigenvalue weighted by Gasteiger charge is 2.31. The van der Waals surface area contributed by atoms with Gasteiger partial charge in [0, 0.05) is 24.7 Å². The van der Waals surface area contributed by atoms with Crippen molar-refractivity contribution >= 4 is 11.6 Å². The normalized spacial score (nSPS) is 14.8. The van der Waals surface area contributed by atoms with Gasteiger partial charge in [-0.1, -0.05) is 20.8 Å². The molecule has 1 fully saturated rings. The molecule has 1 N–H and O–H groups in total. The van der Waals surface area contributed by atoms with Crippen LogP contribution in [0.2, 0.25) is 0 Å². The van der Waals surface area contributed by atoms with E-state index in [1.54, 1.807) is 6.33 Å². The number of anilines is 2. The molecule has 1 aliphatic rings. The van der Waals surface area contributed by atoms with Crippen molar-refractivity contribution in [3.8, 4) is 0 Å². The minimum absolute atomic E-state index is 0.434. The van der Waals surface area contributed by atoms with Crippen LogP contribution < -0.4 is 10.2 Å². The largest absolute Gasteiger partial charge is 0.370 e. The monoisotopic (exact) mass is 262 g/mol. The summed E-state index contributed by atoms with van der Waals surface area (Å²) in [6.07, 6.45) is 5.40. The standard InChI is InChI=1S/C15H26N4/c1-5-9-16-14-13(11(3)4)15(18-10-17-14)19(6-2)12-7-8-12/h10-12H,5-9H2,1-4H3,(H,16,17,18). The molecule has 19 heavy (non-hydrogen) atoms. The molecule has 0 aliphatic heterocycles. The lowest BCUT2D eigenvalue weighted by molar-refractivity contribution is 0.766. The summed E-state index contributed by atoms with van der Waals surface area (Å²) in [7, 11) is 0. The first kappa shape index (κ1) is 14.1. The van der Waals surface area contributed by atoms with E-state index in [-0.39, 0.29) is 0 Å². The number of nitrogens with one attached hydrogen (secondary N) is 1. The molecule has 0 bridgehead atoms. The number of hydrogen-bond acceptors (Lipinski definition) is 4. The Bertz CT molecular complexity index is 413. The molecule has 0 spiro atoms. The maximum absolute atomic E-state index is 4.58. The quantitative estimate of drug-likeness (QED) is 0.817. The third-order valence-corrected chi connectivity index (χ3v) is 3.58. The maximum Gasteiger partial charge on any atom is 0.137 e. The molecule has 1 heterocycles. The summed E-state index contributed by atoms with van der Waals surface area (Å²) < 4.78 is 0. The Balaban J connectivity index is 2.35. The van der Waals surface area contributed by atoms with Gasteiger partial charge in [-0.05, 0) is 32.1 Å². The van der Waals surface area contributed by atoms with Gasteiger partial charge in [-0.2, -0.15) is 0 Å². The molecule has 0 aromatic carbocycles. The molecule has 106 valence electrons. The summed E-state index contributed by atoms with van der Waals surface area (Å²) in [4.78, 5) is 11.5. The summed E-state index contributed by atoms with van der Waals surface area (Å²) >= 11 is 0. The van der Waals surface area contributed by atoms with E-state index in [1.165, 1.54) is 18.4 Å². The van der Waals surface area contributed by atoms with Gasteiger partial charge < -0.3 is 10.2 Å². The number of aromatic nitrogens is 2. The third-order valence-electron chi connectivity index (χ3n) is 3.58. The Hall–Kier alpha value is -1.32. The minimum atomic E-state index is 0.434. The van der Waals surface area contributed by atoms with Crippen LogP contribution in [0, 0.1) is 0 Å². The summed E-state index contributed by atoms with van der Waals surface area (Å²) in [6.45, 7) is 10.8. The molecular weight excluding hydrogens is 236 g/mol. The Morgan fingerprint density at radius 1 is 1.32 bits per heavy atom. The van der Waals surface area contributed by atoms with E-state index in [9.17, 15) is 0 Å².